The van der Waals surface area contributed by atoms with Crippen molar-refractivity contribution in [3.05, 3.63) is 12.7 Å². The Balaban J connectivity index is 2.22. The van der Waals surface area contributed by atoms with Crippen LogP contribution in [0.5, 0.6) is 0 Å². The fourth-order valence-electron chi connectivity index (χ4n) is 2.71. The fraction of sp³-hybridized carbons (Fsp3) is 0.786. The van der Waals surface area contributed by atoms with Gasteiger partial charge in [0.1, 0.15) is 24.4 Å². The van der Waals surface area contributed by atoms with Crippen LogP contribution in [0.1, 0.15) is 20.8 Å². The quantitative estimate of drug-likeness (QED) is 0.691. The molecule has 2 saturated heterocycles. The summed E-state index contributed by atoms with van der Waals surface area (Å²) in [6.45, 7) is 8.61. The molecule has 2 aliphatic heterocycles. The first-order valence-corrected chi connectivity index (χ1v) is 6.99. The van der Waals surface area contributed by atoms with Crippen LogP contribution in [0.2, 0.25) is 0 Å². The summed E-state index contributed by atoms with van der Waals surface area (Å²) in [5.74, 6) is -1.03. The van der Waals surface area contributed by atoms with Crippen LogP contribution in [-0.4, -0.2) is 60.7 Å². The molecule has 0 radical (unpaired) electrons. The average Bonchev–Trinajstić information content (AvgIpc) is 2.72. The zero-order valence-corrected chi connectivity index (χ0v) is 12.6. The first kappa shape index (κ1) is 16.4. The van der Waals surface area contributed by atoms with Crippen molar-refractivity contribution in [2.45, 2.75) is 57.2 Å². The van der Waals surface area contributed by atoms with E-state index in [1.54, 1.807) is 19.9 Å². The summed E-state index contributed by atoms with van der Waals surface area (Å²) < 4.78 is 22.9. The molecule has 7 heteroatoms. The maximum atomic E-state index is 11.4. The summed E-state index contributed by atoms with van der Waals surface area (Å²) in [5.41, 5.74) is 0. The second-order valence-corrected chi connectivity index (χ2v) is 5.64. The van der Waals surface area contributed by atoms with E-state index < -0.39 is 36.4 Å². The van der Waals surface area contributed by atoms with E-state index in [1.165, 1.54) is 6.92 Å². The lowest BCUT2D eigenvalue weighted by atomic mass is 9.97. The minimum atomic E-state index is -0.809. The fourth-order valence-corrected chi connectivity index (χ4v) is 2.71. The van der Waals surface area contributed by atoms with Crippen LogP contribution < -0.4 is 5.32 Å². The monoisotopic (exact) mass is 301 g/mol. The summed E-state index contributed by atoms with van der Waals surface area (Å²) in [6, 6.07) is -0.517. The molecule has 2 rings (SSSR count). The highest BCUT2D eigenvalue weighted by Crippen LogP contribution is 2.37. The SMILES string of the molecule is C=CCOC1OC(CO)C2OC(C)(C)OC2C1NC(C)=O. The second-order valence-electron chi connectivity index (χ2n) is 5.64. The molecule has 0 aromatic rings. The molecule has 0 bridgehead atoms. The molecule has 120 valence electrons. The predicted octanol–water partition coefficient (Wildman–Crippen LogP) is -0.0690. The highest BCUT2D eigenvalue weighted by Gasteiger charge is 2.55. The van der Waals surface area contributed by atoms with Gasteiger partial charge in [0.2, 0.25) is 5.91 Å². The first-order chi connectivity index (χ1) is 9.88. The number of carbonyl (C=O) groups excluding carboxylic acids is 1. The van der Waals surface area contributed by atoms with Gasteiger partial charge in [0.05, 0.1) is 13.2 Å². The molecular weight excluding hydrogens is 278 g/mol. The van der Waals surface area contributed by atoms with Crippen molar-refractivity contribution in [3.63, 3.8) is 0 Å². The molecule has 7 nitrogen and oxygen atoms in total. The predicted molar refractivity (Wildman–Crippen MR) is 73.3 cm³/mol. The number of hydrogen-bond donors (Lipinski definition) is 2. The molecule has 0 spiro atoms. The van der Waals surface area contributed by atoms with Crippen molar-refractivity contribution in [1.82, 2.24) is 5.32 Å². The topological polar surface area (TPSA) is 86.2 Å². The molecule has 5 atom stereocenters. The smallest absolute Gasteiger partial charge is 0.217 e. The van der Waals surface area contributed by atoms with Gasteiger partial charge in [-0.15, -0.1) is 6.58 Å². The van der Waals surface area contributed by atoms with Crippen LogP contribution in [0.25, 0.3) is 0 Å². The van der Waals surface area contributed by atoms with Gasteiger partial charge in [-0.25, -0.2) is 0 Å². The average molecular weight is 301 g/mol. The van der Waals surface area contributed by atoms with Crippen LogP contribution in [0.15, 0.2) is 12.7 Å². The molecule has 0 saturated carbocycles. The molecule has 2 fully saturated rings. The van der Waals surface area contributed by atoms with E-state index >= 15 is 0 Å². The Labute approximate surface area is 124 Å². The van der Waals surface area contributed by atoms with Crippen molar-refractivity contribution in [1.29, 1.82) is 0 Å². The van der Waals surface area contributed by atoms with Crippen molar-refractivity contribution < 1.29 is 28.8 Å². The van der Waals surface area contributed by atoms with Gasteiger partial charge in [-0.3, -0.25) is 4.79 Å². The van der Waals surface area contributed by atoms with Gasteiger partial charge in [-0.05, 0) is 13.8 Å². The molecule has 0 aromatic carbocycles. The Kier molecular flexibility index (Phi) is 5.00. The number of rotatable bonds is 5. The Hall–Kier alpha value is -0.990. The molecule has 2 aliphatic rings. The van der Waals surface area contributed by atoms with E-state index in [1.807, 2.05) is 0 Å². The molecular formula is C14H23NO6. The van der Waals surface area contributed by atoms with E-state index in [0.29, 0.717) is 0 Å². The third-order valence-corrected chi connectivity index (χ3v) is 3.41. The molecule has 21 heavy (non-hydrogen) atoms. The lowest BCUT2D eigenvalue weighted by Crippen LogP contribution is -2.63. The van der Waals surface area contributed by atoms with E-state index in [2.05, 4.69) is 11.9 Å². The highest BCUT2D eigenvalue weighted by molar-refractivity contribution is 5.73. The largest absolute Gasteiger partial charge is 0.394 e. The van der Waals surface area contributed by atoms with E-state index in [9.17, 15) is 9.90 Å². The summed E-state index contributed by atoms with van der Waals surface area (Å²) >= 11 is 0. The van der Waals surface area contributed by atoms with Gasteiger partial charge in [0.25, 0.3) is 0 Å². The minimum Gasteiger partial charge on any atom is -0.394 e. The van der Waals surface area contributed by atoms with Crippen molar-refractivity contribution in [3.8, 4) is 0 Å². The molecule has 5 unspecified atom stereocenters. The second kappa shape index (κ2) is 6.41. The third kappa shape index (κ3) is 3.61. The first-order valence-electron chi connectivity index (χ1n) is 6.99. The van der Waals surface area contributed by atoms with Crippen molar-refractivity contribution in [2.24, 2.45) is 0 Å². The van der Waals surface area contributed by atoms with Gasteiger partial charge in [0.15, 0.2) is 12.1 Å². The lowest BCUT2D eigenvalue weighted by molar-refractivity contribution is -0.247. The van der Waals surface area contributed by atoms with Gasteiger partial charge in [-0.2, -0.15) is 0 Å². The van der Waals surface area contributed by atoms with Gasteiger partial charge >= 0.3 is 0 Å². The summed E-state index contributed by atoms with van der Waals surface area (Å²) in [5, 5.41) is 12.3. The van der Waals surface area contributed by atoms with E-state index in [-0.39, 0.29) is 19.1 Å². The highest BCUT2D eigenvalue weighted by atomic mass is 16.8. The van der Waals surface area contributed by atoms with Crippen LogP contribution in [0.4, 0.5) is 0 Å². The molecule has 2 N–H and O–H groups in total. The van der Waals surface area contributed by atoms with Crippen molar-refractivity contribution in [2.75, 3.05) is 13.2 Å². The third-order valence-electron chi connectivity index (χ3n) is 3.41. The summed E-state index contributed by atoms with van der Waals surface area (Å²) in [7, 11) is 0. The normalized spacial score (nSPS) is 37.8. The number of aliphatic hydroxyl groups excluding tert-OH is 1. The van der Waals surface area contributed by atoms with Crippen LogP contribution >= 0.6 is 0 Å². The van der Waals surface area contributed by atoms with Crippen LogP contribution in [0, 0.1) is 0 Å². The van der Waals surface area contributed by atoms with E-state index in [4.69, 9.17) is 18.9 Å². The lowest BCUT2D eigenvalue weighted by Gasteiger charge is -2.41. The Morgan fingerprint density at radius 1 is 1.43 bits per heavy atom. The van der Waals surface area contributed by atoms with Crippen LogP contribution in [-0.2, 0) is 23.7 Å². The molecule has 0 aliphatic carbocycles. The van der Waals surface area contributed by atoms with Gasteiger partial charge in [0, 0.05) is 6.92 Å². The van der Waals surface area contributed by atoms with Crippen molar-refractivity contribution >= 4 is 5.91 Å². The Morgan fingerprint density at radius 3 is 2.67 bits per heavy atom. The number of nitrogens with one attached hydrogen (secondary N) is 1. The maximum Gasteiger partial charge on any atom is 0.217 e. The number of hydrogen-bond acceptors (Lipinski definition) is 6. The standard InChI is InChI=1S/C14H23NO6/c1-5-6-18-13-10(15-8(2)17)12-11(9(7-16)19-13)20-14(3,4)21-12/h5,9-13,16H,1,6-7H2,2-4H3,(H,15,17). The van der Waals surface area contributed by atoms with Crippen LogP contribution in [0.3, 0.4) is 0 Å². The number of fused-ring (bicyclic) bond motifs is 1. The van der Waals surface area contributed by atoms with Gasteiger partial charge in [-0.1, -0.05) is 6.08 Å². The zero-order valence-electron chi connectivity index (χ0n) is 12.6. The maximum absolute atomic E-state index is 11.4. The summed E-state index contributed by atoms with van der Waals surface area (Å²) in [4.78, 5) is 11.4. The molecule has 1 amide bonds. The molecule has 2 heterocycles. The number of aliphatic hydroxyl groups is 1. The Bertz CT molecular complexity index is 399. The minimum absolute atomic E-state index is 0.217. The number of carbonyl (C=O) groups is 1. The Morgan fingerprint density at radius 2 is 2.10 bits per heavy atom. The molecule has 0 aromatic heterocycles. The number of ether oxygens (including phenoxy) is 4. The summed E-state index contributed by atoms with van der Waals surface area (Å²) in [6.07, 6.45) is -0.640. The number of amides is 1. The van der Waals surface area contributed by atoms with Gasteiger partial charge < -0.3 is 29.4 Å². The van der Waals surface area contributed by atoms with E-state index in [0.717, 1.165) is 0 Å². The zero-order chi connectivity index (χ0) is 15.6.